The molecule has 1 aromatic carbocycles. The number of nitrogens with zero attached hydrogens (tertiary/aromatic N) is 1. The maximum absolute atomic E-state index is 13.2. The average Bonchev–Trinajstić information content (AvgIpc) is 2.98. The Morgan fingerprint density at radius 1 is 1.19 bits per heavy atom. The van der Waals surface area contributed by atoms with Gasteiger partial charge in [-0.15, -0.1) is 11.3 Å². The Balaban J connectivity index is 2.06. The molecule has 1 amide bonds. The van der Waals surface area contributed by atoms with Gasteiger partial charge in [0.25, 0.3) is 5.91 Å². The van der Waals surface area contributed by atoms with E-state index in [0.717, 1.165) is 4.88 Å². The zero-order chi connectivity index (χ0) is 18.7. The molecular weight excluding hydrogens is 355 g/mol. The monoisotopic (exact) mass is 370 g/mol. The molecule has 0 saturated heterocycles. The molecule has 2 heterocycles. The first-order valence-electron chi connectivity index (χ1n) is 7.70. The summed E-state index contributed by atoms with van der Waals surface area (Å²) in [5.74, 6) is -1.32. The van der Waals surface area contributed by atoms with Crippen LogP contribution in [0.3, 0.4) is 0 Å². The van der Waals surface area contributed by atoms with E-state index in [4.69, 9.17) is 4.74 Å². The maximum Gasteiger partial charge on any atom is 0.341 e. The minimum absolute atomic E-state index is 0.249. The van der Waals surface area contributed by atoms with Crippen molar-refractivity contribution in [2.45, 2.75) is 6.92 Å². The Labute approximate surface area is 153 Å². The van der Waals surface area contributed by atoms with Gasteiger partial charge < -0.3 is 10.1 Å². The van der Waals surface area contributed by atoms with Crippen molar-refractivity contribution < 1.29 is 18.7 Å². The Morgan fingerprint density at radius 2 is 1.92 bits per heavy atom. The lowest BCUT2D eigenvalue weighted by atomic mass is 10.0. The zero-order valence-corrected chi connectivity index (χ0v) is 14.9. The number of methoxy groups -OCH3 is 1. The van der Waals surface area contributed by atoms with Gasteiger partial charge in [0.05, 0.1) is 12.7 Å². The SMILES string of the molecule is COC(=O)c1c(NC(=O)c2cccnc2)sc(C)c1-c1ccc(F)cc1. The first-order valence-corrected chi connectivity index (χ1v) is 8.52. The second-order valence-corrected chi connectivity index (χ2v) is 6.66. The molecule has 1 N–H and O–H groups in total. The lowest BCUT2D eigenvalue weighted by Gasteiger charge is -2.08. The van der Waals surface area contributed by atoms with Crippen LogP contribution < -0.4 is 5.32 Å². The van der Waals surface area contributed by atoms with Crippen LogP contribution in [0, 0.1) is 12.7 Å². The van der Waals surface area contributed by atoms with Gasteiger partial charge in [-0.2, -0.15) is 0 Å². The minimum Gasteiger partial charge on any atom is -0.465 e. The van der Waals surface area contributed by atoms with Crippen molar-refractivity contribution in [3.8, 4) is 11.1 Å². The highest BCUT2D eigenvalue weighted by atomic mass is 32.1. The Morgan fingerprint density at radius 3 is 2.54 bits per heavy atom. The molecule has 0 aliphatic rings. The van der Waals surface area contributed by atoms with Crippen molar-refractivity contribution in [3.63, 3.8) is 0 Å². The number of esters is 1. The summed E-state index contributed by atoms with van der Waals surface area (Å²) in [7, 11) is 1.27. The number of carbonyl (C=O) groups excluding carboxylic acids is 2. The summed E-state index contributed by atoms with van der Waals surface area (Å²) < 4.78 is 18.1. The summed E-state index contributed by atoms with van der Waals surface area (Å²) in [6.07, 6.45) is 3.01. The number of hydrogen-bond acceptors (Lipinski definition) is 5. The molecule has 2 aromatic heterocycles. The van der Waals surface area contributed by atoms with Gasteiger partial charge in [0.1, 0.15) is 16.4 Å². The molecule has 7 heteroatoms. The quantitative estimate of drug-likeness (QED) is 0.696. The number of pyridine rings is 1. The van der Waals surface area contributed by atoms with Crippen LogP contribution >= 0.6 is 11.3 Å². The number of anilines is 1. The zero-order valence-electron chi connectivity index (χ0n) is 14.1. The van der Waals surface area contributed by atoms with Gasteiger partial charge in [0.2, 0.25) is 0 Å². The number of hydrogen-bond donors (Lipinski definition) is 1. The van der Waals surface area contributed by atoms with Gasteiger partial charge >= 0.3 is 5.97 Å². The summed E-state index contributed by atoms with van der Waals surface area (Å²) in [5, 5.41) is 3.13. The first-order chi connectivity index (χ1) is 12.5. The van der Waals surface area contributed by atoms with E-state index in [2.05, 4.69) is 10.3 Å². The number of aromatic nitrogens is 1. The van der Waals surface area contributed by atoms with Crippen LogP contribution in [-0.4, -0.2) is 24.0 Å². The van der Waals surface area contributed by atoms with E-state index in [0.29, 0.717) is 21.7 Å². The van der Waals surface area contributed by atoms with Crippen molar-refractivity contribution in [2.75, 3.05) is 12.4 Å². The molecule has 0 saturated carbocycles. The van der Waals surface area contributed by atoms with E-state index in [9.17, 15) is 14.0 Å². The number of nitrogens with one attached hydrogen (secondary N) is 1. The standard InChI is InChI=1S/C19H15FN2O3S/c1-11-15(12-5-7-14(20)8-6-12)16(19(24)25-2)18(26-11)22-17(23)13-4-3-9-21-10-13/h3-10H,1-2H3,(H,22,23). The summed E-state index contributed by atoms with van der Waals surface area (Å²) in [6.45, 7) is 1.83. The summed E-state index contributed by atoms with van der Waals surface area (Å²) in [4.78, 5) is 29.5. The number of rotatable bonds is 4. The maximum atomic E-state index is 13.2. The highest BCUT2D eigenvalue weighted by Gasteiger charge is 2.25. The smallest absolute Gasteiger partial charge is 0.341 e. The number of ether oxygens (including phenoxy) is 1. The third-order valence-corrected chi connectivity index (χ3v) is 4.78. The van der Waals surface area contributed by atoms with Gasteiger partial charge in [-0.05, 0) is 36.8 Å². The molecule has 0 bridgehead atoms. The third kappa shape index (κ3) is 3.48. The molecule has 0 atom stereocenters. The molecule has 0 unspecified atom stereocenters. The highest BCUT2D eigenvalue weighted by molar-refractivity contribution is 7.17. The lowest BCUT2D eigenvalue weighted by molar-refractivity contribution is 0.0603. The molecule has 26 heavy (non-hydrogen) atoms. The highest BCUT2D eigenvalue weighted by Crippen LogP contribution is 2.40. The molecule has 0 spiro atoms. The van der Waals surface area contributed by atoms with Gasteiger partial charge in [-0.1, -0.05) is 12.1 Å². The lowest BCUT2D eigenvalue weighted by Crippen LogP contribution is -2.14. The molecule has 3 rings (SSSR count). The summed E-state index contributed by atoms with van der Waals surface area (Å²) >= 11 is 1.26. The van der Waals surface area contributed by atoms with Crippen molar-refractivity contribution in [2.24, 2.45) is 0 Å². The molecule has 5 nitrogen and oxygen atoms in total. The molecule has 3 aromatic rings. The number of benzene rings is 1. The number of aryl methyl sites for hydroxylation is 1. The second-order valence-electron chi connectivity index (χ2n) is 5.43. The van der Waals surface area contributed by atoms with E-state index >= 15 is 0 Å². The molecule has 0 fully saturated rings. The molecule has 0 aliphatic heterocycles. The van der Waals surface area contributed by atoms with Gasteiger partial charge in [-0.25, -0.2) is 9.18 Å². The van der Waals surface area contributed by atoms with Crippen molar-refractivity contribution in [3.05, 3.63) is 70.6 Å². The van der Waals surface area contributed by atoms with Crippen molar-refractivity contribution in [1.82, 2.24) is 4.98 Å². The van der Waals surface area contributed by atoms with Crippen LogP contribution in [0.1, 0.15) is 25.6 Å². The fraction of sp³-hybridized carbons (Fsp3) is 0.105. The van der Waals surface area contributed by atoms with Crippen LogP contribution in [0.5, 0.6) is 0 Å². The fourth-order valence-corrected chi connectivity index (χ4v) is 3.63. The predicted octanol–water partition coefficient (Wildman–Crippen LogP) is 4.30. The van der Waals surface area contributed by atoms with Crippen LogP contribution in [0.25, 0.3) is 11.1 Å². The number of thiophene rings is 1. The Bertz CT molecular complexity index is 953. The summed E-state index contributed by atoms with van der Waals surface area (Å²) in [5.41, 5.74) is 1.90. The number of amides is 1. The van der Waals surface area contributed by atoms with E-state index in [1.807, 2.05) is 6.92 Å². The van der Waals surface area contributed by atoms with Crippen LogP contribution in [0.15, 0.2) is 48.8 Å². The average molecular weight is 370 g/mol. The largest absolute Gasteiger partial charge is 0.465 e. The normalized spacial score (nSPS) is 10.4. The van der Waals surface area contributed by atoms with E-state index < -0.39 is 5.97 Å². The molecule has 132 valence electrons. The summed E-state index contributed by atoms with van der Waals surface area (Å²) in [6, 6.07) is 9.09. The number of halogens is 1. The molecular formula is C19H15FN2O3S. The van der Waals surface area contributed by atoms with E-state index in [1.165, 1.54) is 36.8 Å². The third-order valence-electron chi connectivity index (χ3n) is 3.76. The molecule has 0 radical (unpaired) electrons. The van der Waals surface area contributed by atoms with Crippen molar-refractivity contribution >= 4 is 28.2 Å². The number of carbonyl (C=O) groups is 2. The van der Waals surface area contributed by atoms with Gasteiger partial charge in [0.15, 0.2) is 0 Å². The Hall–Kier alpha value is -3.06. The second kappa shape index (κ2) is 7.45. The van der Waals surface area contributed by atoms with Gasteiger partial charge in [-0.3, -0.25) is 9.78 Å². The topological polar surface area (TPSA) is 68.3 Å². The van der Waals surface area contributed by atoms with Crippen LogP contribution in [0.2, 0.25) is 0 Å². The van der Waals surface area contributed by atoms with E-state index in [-0.39, 0.29) is 17.3 Å². The predicted molar refractivity (Wildman–Crippen MR) is 98.0 cm³/mol. The first kappa shape index (κ1) is 17.8. The fourth-order valence-electron chi connectivity index (χ4n) is 2.57. The van der Waals surface area contributed by atoms with Crippen LogP contribution in [-0.2, 0) is 4.74 Å². The Kier molecular flexibility index (Phi) is 5.09. The van der Waals surface area contributed by atoms with E-state index in [1.54, 1.807) is 30.5 Å². The minimum atomic E-state index is -0.574. The van der Waals surface area contributed by atoms with Crippen molar-refractivity contribution in [1.29, 1.82) is 0 Å². The molecule has 0 aliphatic carbocycles. The van der Waals surface area contributed by atoms with Crippen LogP contribution in [0.4, 0.5) is 9.39 Å². The van der Waals surface area contributed by atoms with Gasteiger partial charge in [0, 0.05) is 22.8 Å².